The summed E-state index contributed by atoms with van der Waals surface area (Å²) in [6, 6.07) is 1.39. The Morgan fingerprint density at radius 3 is 2.65 bits per heavy atom. The fourth-order valence-corrected chi connectivity index (χ4v) is 3.26. The smallest absolute Gasteiger partial charge is 0.0610 e. The fourth-order valence-electron chi connectivity index (χ4n) is 3.26. The summed E-state index contributed by atoms with van der Waals surface area (Å²) in [4.78, 5) is 5.09. The first-order valence-electron chi connectivity index (χ1n) is 8.37. The molecule has 118 valence electrons. The summed E-state index contributed by atoms with van der Waals surface area (Å²) in [6.07, 6.45) is 6.06. The SMILES string of the molecule is CCC1CN(CCCC(C)(CO)NC2CC2)CCN1C. The van der Waals surface area contributed by atoms with E-state index in [-0.39, 0.29) is 12.1 Å². The summed E-state index contributed by atoms with van der Waals surface area (Å²) in [6.45, 7) is 9.47. The first-order chi connectivity index (χ1) is 9.56. The average Bonchev–Trinajstić information content (AvgIpc) is 3.24. The molecule has 4 nitrogen and oxygen atoms in total. The van der Waals surface area contributed by atoms with Gasteiger partial charge in [-0.15, -0.1) is 0 Å². The summed E-state index contributed by atoms with van der Waals surface area (Å²) < 4.78 is 0. The summed E-state index contributed by atoms with van der Waals surface area (Å²) in [5.41, 5.74) is -0.0715. The Morgan fingerprint density at radius 2 is 2.05 bits per heavy atom. The third-order valence-electron chi connectivity index (χ3n) is 5.01. The highest BCUT2D eigenvalue weighted by molar-refractivity contribution is 4.92. The Morgan fingerprint density at radius 1 is 1.30 bits per heavy atom. The van der Waals surface area contributed by atoms with E-state index in [4.69, 9.17) is 0 Å². The van der Waals surface area contributed by atoms with Gasteiger partial charge >= 0.3 is 0 Å². The molecule has 1 saturated carbocycles. The standard InChI is InChI=1S/C16H33N3O/c1-4-15-12-19(11-10-18(15)3)9-5-8-16(2,13-20)17-14-6-7-14/h14-15,17,20H,4-13H2,1-3H3. The molecule has 0 radical (unpaired) electrons. The number of nitrogens with one attached hydrogen (secondary N) is 1. The van der Waals surface area contributed by atoms with Crippen molar-refractivity contribution in [2.75, 3.05) is 39.8 Å². The zero-order valence-electron chi connectivity index (χ0n) is 13.6. The van der Waals surface area contributed by atoms with Crippen LogP contribution in [0, 0.1) is 0 Å². The van der Waals surface area contributed by atoms with Gasteiger partial charge in [0.1, 0.15) is 0 Å². The van der Waals surface area contributed by atoms with Crippen LogP contribution in [-0.4, -0.2) is 72.4 Å². The number of piperazine rings is 1. The Labute approximate surface area is 124 Å². The lowest BCUT2D eigenvalue weighted by molar-refractivity contribution is 0.0871. The van der Waals surface area contributed by atoms with E-state index < -0.39 is 0 Å². The Bertz CT molecular complexity index is 295. The average molecular weight is 283 g/mol. The van der Waals surface area contributed by atoms with Gasteiger partial charge in [0.05, 0.1) is 6.61 Å². The molecule has 2 N–H and O–H groups in total. The van der Waals surface area contributed by atoms with Crippen LogP contribution in [0.2, 0.25) is 0 Å². The number of aliphatic hydroxyl groups excluding tert-OH is 1. The van der Waals surface area contributed by atoms with Gasteiger partial charge < -0.3 is 20.2 Å². The minimum Gasteiger partial charge on any atom is -0.394 e. The van der Waals surface area contributed by atoms with Crippen molar-refractivity contribution in [1.82, 2.24) is 15.1 Å². The number of aliphatic hydroxyl groups is 1. The molecule has 0 bridgehead atoms. The molecule has 20 heavy (non-hydrogen) atoms. The summed E-state index contributed by atoms with van der Waals surface area (Å²) in [7, 11) is 2.24. The van der Waals surface area contributed by atoms with Crippen LogP contribution in [-0.2, 0) is 0 Å². The minimum absolute atomic E-state index is 0.0715. The molecule has 1 aliphatic heterocycles. The van der Waals surface area contributed by atoms with Gasteiger partial charge in [-0.25, -0.2) is 0 Å². The van der Waals surface area contributed by atoms with Crippen LogP contribution in [0.1, 0.15) is 46.0 Å². The zero-order chi connectivity index (χ0) is 14.6. The van der Waals surface area contributed by atoms with E-state index in [1.807, 2.05) is 0 Å². The topological polar surface area (TPSA) is 38.7 Å². The number of hydrogen-bond donors (Lipinski definition) is 2. The Kier molecular flexibility index (Phi) is 5.84. The molecule has 2 atom stereocenters. The van der Waals surface area contributed by atoms with Gasteiger partial charge in [0.2, 0.25) is 0 Å². The van der Waals surface area contributed by atoms with Crippen LogP contribution >= 0.6 is 0 Å². The maximum atomic E-state index is 9.63. The molecule has 4 heteroatoms. The molecule has 1 saturated heterocycles. The second kappa shape index (κ2) is 7.21. The third kappa shape index (κ3) is 4.69. The molecule has 0 spiro atoms. The summed E-state index contributed by atoms with van der Waals surface area (Å²) >= 11 is 0. The maximum Gasteiger partial charge on any atom is 0.0610 e. The molecule has 2 rings (SSSR count). The van der Waals surface area contributed by atoms with Crippen molar-refractivity contribution in [2.45, 2.75) is 63.6 Å². The first kappa shape index (κ1) is 16.2. The molecule has 1 aliphatic carbocycles. The van der Waals surface area contributed by atoms with E-state index in [0.717, 1.165) is 12.5 Å². The van der Waals surface area contributed by atoms with E-state index in [9.17, 15) is 5.11 Å². The van der Waals surface area contributed by atoms with Gasteiger partial charge in [0, 0.05) is 37.3 Å². The van der Waals surface area contributed by atoms with E-state index in [0.29, 0.717) is 6.04 Å². The molecule has 2 unspecified atom stereocenters. The van der Waals surface area contributed by atoms with Crippen LogP contribution < -0.4 is 5.32 Å². The highest BCUT2D eigenvalue weighted by atomic mass is 16.3. The second-order valence-electron chi connectivity index (χ2n) is 7.08. The molecule has 1 heterocycles. The fraction of sp³-hybridized carbons (Fsp3) is 1.00. The van der Waals surface area contributed by atoms with Crippen molar-refractivity contribution < 1.29 is 5.11 Å². The Balaban J connectivity index is 1.69. The van der Waals surface area contributed by atoms with Crippen LogP contribution in [0.3, 0.4) is 0 Å². The first-order valence-corrected chi connectivity index (χ1v) is 8.37. The summed E-state index contributed by atoms with van der Waals surface area (Å²) in [5, 5.41) is 13.2. The predicted octanol–water partition coefficient (Wildman–Crippen LogP) is 1.30. The van der Waals surface area contributed by atoms with Crippen molar-refractivity contribution in [1.29, 1.82) is 0 Å². The lowest BCUT2D eigenvalue weighted by atomic mass is 9.96. The zero-order valence-corrected chi connectivity index (χ0v) is 13.6. The van der Waals surface area contributed by atoms with Gasteiger partial charge in [-0.05, 0) is 52.6 Å². The molecular weight excluding hydrogens is 250 g/mol. The largest absolute Gasteiger partial charge is 0.394 e. The molecule has 2 fully saturated rings. The third-order valence-corrected chi connectivity index (χ3v) is 5.01. The second-order valence-corrected chi connectivity index (χ2v) is 7.08. The monoisotopic (exact) mass is 283 g/mol. The molecule has 0 aromatic carbocycles. The van der Waals surface area contributed by atoms with Crippen molar-refractivity contribution >= 4 is 0 Å². The van der Waals surface area contributed by atoms with E-state index in [1.54, 1.807) is 0 Å². The van der Waals surface area contributed by atoms with Crippen LogP contribution in [0.15, 0.2) is 0 Å². The van der Waals surface area contributed by atoms with Crippen LogP contribution in [0.5, 0.6) is 0 Å². The van der Waals surface area contributed by atoms with Crippen molar-refractivity contribution in [3.63, 3.8) is 0 Å². The minimum atomic E-state index is -0.0715. The molecule has 0 aromatic heterocycles. The molecular formula is C16H33N3O. The van der Waals surface area contributed by atoms with E-state index in [2.05, 4.69) is 36.0 Å². The van der Waals surface area contributed by atoms with Gasteiger partial charge in [-0.1, -0.05) is 6.92 Å². The van der Waals surface area contributed by atoms with Crippen LogP contribution in [0.25, 0.3) is 0 Å². The van der Waals surface area contributed by atoms with Crippen molar-refractivity contribution in [2.24, 2.45) is 0 Å². The normalized spacial score (nSPS) is 28.5. The lowest BCUT2D eigenvalue weighted by Gasteiger charge is -2.39. The van der Waals surface area contributed by atoms with Crippen LogP contribution in [0.4, 0.5) is 0 Å². The highest BCUT2D eigenvalue weighted by Crippen LogP contribution is 2.24. The van der Waals surface area contributed by atoms with Gasteiger partial charge in [-0.2, -0.15) is 0 Å². The maximum absolute atomic E-state index is 9.63. The number of hydrogen-bond acceptors (Lipinski definition) is 4. The van der Waals surface area contributed by atoms with Gasteiger partial charge in [0.25, 0.3) is 0 Å². The van der Waals surface area contributed by atoms with Gasteiger partial charge in [0.15, 0.2) is 0 Å². The molecule has 2 aliphatic rings. The van der Waals surface area contributed by atoms with Crippen molar-refractivity contribution in [3.8, 4) is 0 Å². The van der Waals surface area contributed by atoms with E-state index >= 15 is 0 Å². The molecule has 0 aromatic rings. The highest BCUT2D eigenvalue weighted by Gasteiger charge is 2.32. The van der Waals surface area contributed by atoms with Gasteiger partial charge in [-0.3, -0.25) is 0 Å². The number of likely N-dealkylation sites (N-methyl/N-ethyl adjacent to an activating group) is 1. The quantitative estimate of drug-likeness (QED) is 0.704. The lowest BCUT2D eigenvalue weighted by Crippen LogP contribution is -2.52. The van der Waals surface area contributed by atoms with E-state index in [1.165, 1.54) is 51.9 Å². The molecule has 0 amide bonds. The number of rotatable bonds is 8. The Hall–Kier alpha value is -0.160. The summed E-state index contributed by atoms with van der Waals surface area (Å²) in [5.74, 6) is 0. The van der Waals surface area contributed by atoms with Crippen molar-refractivity contribution in [3.05, 3.63) is 0 Å². The number of nitrogens with zero attached hydrogens (tertiary/aromatic N) is 2. The predicted molar refractivity (Wildman–Crippen MR) is 84.0 cm³/mol.